The Hall–Kier alpha value is -3.66. The number of nitrogens with zero attached hydrogens (tertiary/aromatic N) is 4. The summed E-state index contributed by atoms with van der Waals surface area (Å²) < 4.78 is 39.1. The molecule has 2 heterocycles. The van der Waals surface area contributed by atoms with E-state index in [9.17, 15) is 27.6 Å². The van der Waals surface area contributed by atoms with Gasteiger partial charge in [-0.3, -0.25) is 19.4 Å². The van der Waals surface area contributed by atoms with E-state index in [0.717, 1.165) is 11.2 Å². The van der Waals surface area contributed by atoms with Crippen LogP contribution in [-0.4, -0.2) is 58.5 Å². The number of fused-ring (bicyclic) bond motifs is 3. The fourth-order valence-corrected chi connectivity index (χ4v) is 3.87. The zero-order valence-electron chi connectivity index (χ0n) is 17.0. The number of hydrogen-bond donors (Lipinski definition) is 0. The number of alkyl halides is 3. The second-order valence-electron chi connectivity index (χ2n) is 7.49. The first-order valence-electron chi connectivity index (χ1n) is 9.58. The number of pyridine rings is 1. The van der Waals surface area contributed by atoms with Crippen molar-refractivity contribution in [2.24, 2.45) is 10.9 Å². The van der Waals surface area contributed by atoms with Crippen LogP contribution >= 0.6 is 0 Å². The lowest BCUT2D eigenvalue weighted by Crippen LogP contribution is -2.45. The first-order valence-corrected chi connectivity index (χ1v) is 9.58. The summed E-state index contributed by atoms with van der Waals surface area (Å²) in [7, 11) is 2.57. The summed E-state index contributed by atoms with van der Waals surface area (Å²) in [4.78, 5) is 46.6. The second kappa shape index (κ2) is 7.79. The van der Waals surface area contributed by atoms with Gasteiger partial charge >= 0.3 is 12.1 Å². The molecule has 32 heavy (non-hydrogen) atoms. The molecule has 164 valence electrons. The van der Waals surface area contributed by atoms with Gasteiger partial charge in [-0.25, -0.2) is 15.0 Å². The Labute approximate surface area is 180 Å². The van der Waals surface area contributed by atoms with E-state index in [0.29, 0.717) is 16.3 Å². The molecule has 0 spiro atoms. The number of Topliss-reactive ketones (excluding diaryl/α,β-unsaturated/α-hetero) is 2. The van der Waals surface area contributed by atoms with Crippen LogP contribution in [0.15, 0.2) is 59.9 Å². The molecule has 2 aromatic rings. The van der Waals surface area contributed by atoms with Crippen molar-refractivity contribution >= 4 is 28.9 Å². The molecular formula is C22H17F3N4O3. The molecule has 1 aliphatic heterocycles. The fourth-order valence-electron chi connectivity index (χ4n) is 3.87. The molecule has 1 aliphatic carbocycles. The van der Waals surface area contributed by atoms with E-state index in [1.54, 1.807) is 24.3 Å². The molecular weight excluding hydrogens is 425 g/mol. The molecule has 1 amide bonds. The molecule has 1 aromatic heterocycles. The molecule has 0 bridgehead atoms. The SMILES string of the molecule is CN(C)N(/C=C/C1c2ccccc2N=C2C(=O)c3cccnc3C(=O)C21)C(=O)C(F)(F)F. The Kier molecular flexibility index (Phi) is 5.25. The number of hydrazine groups is 1. The molecule has 2 atom stereocenters. The number of carbonyl (C=O) groups excluding carboxylic acids is 3. The molecule has 1 aromatic carbocycles. The first-order chi connectivity index (χ1) is 15.1. The number of aliphatic imine (C=N–C) groups is 1. The molecule has 0 radical (unpaired) electrons. The molecule has 10 heteroatoms. The predicted molar refractivity (Wildman–Crippen MR) is 108 cm³/mol. The lowest BCUT2D eigenvalue weighted by molar-refractivity contribution is -0.193. The van der Waals surface area contributed by atoms with Crippen molar-refractivity contribution < 1.29 is 27.6 Å². The van der Waals surface area contributed by atoms with Crippen molar-refractivity contribution in [2.45, 2.75) is 12.1 Å². The number of allylic oxidation sites excluding steroid dienone is 1. The van der Waals surface area contributed by atoms with Gasteiger partial charge in [0.15, 0.2) is 5.78 Å². The number of halogens is 3. The summed E-state index contributed by atoms with van der Waals surface area (Å²) in [6.45, 7) is 0. The minimum absolute atomic E-state index is 0.00222. The van der Waals surface area contributed by atoms with Crippen LogP contribution in [-0.2, 0) is 4.79 Å². The van der Waals surface area contributed by atoms with Crippen molar-refractivity contribution in [3.63, 3.8) is 0 Å². The minimum atomic E-state index is -5.09. The number of carbonyl (C=O) groups is 3. The van der Waals surface area contributed by atoms with Gasteiger partial charge in [0.2, 0.25) is 5.78 Å². The number of amides is 1. The average molecular weight is 442 g/mol. The number of aromatic nitrogens is 1. The fraction of sp³-hybridized carbons (Fsp3) is 0.227. The van der Waals surface area contributed by atoms with E-state index in [-0.39, 0.29) is 17.0 Å². The van der Waals surface area contributed by atoms with Crippen LogP contribution in [0.25, 0.3) is 0 Å². The average Bonchev–Trinajstić information content (AvgIpc) is 2.76. The number of para-hydroxylation sites is 1. The van der Waals surface area contributed by atoms with Gasteiger partial charge in [0.1, 0.15) is 11.4 Å². The lowest BCUT2D eigenvalue weighted by atomic mass is 9.71. The van der Waals surface area contributed by atoms with E-state index in [1.807, 2.05) is 0 Å². The molecule has 2 aliphatic rings. The predicted octanol–water partition coefficient (Wildman–Crippen LogP) is 3.33. The molecule has 0 saturated heterocycles. The van der Waals surface area contributed by atoms with Crippen LogP contribution in [0.1, 0.15) is 32.3 Å². The monoisotopic (exact) mass is 442 g/mol. The van der Waals surface area contributed by atoms with E-state index < -0.39 is 35.5 Å². The van der Waals surface area contributed by atoms with Crippen LogP contribution in [0.3, 0.4) is 0 Å². The highest BCUT2D eigenvalue weighted by Crippen LogP contribution is 2.43. The quantitative estimate of drug-likeness (QED) is 0.681. The van der Waals surface area contributed by atoms with Gasteiger partial charge in [0.25, 0.3) is 0 Å². The number of rotatable bonds is 3. The largest absolute Gasteiger partial charge is 0.473 e. The van der Waals surface area contributed by atoms with Crippen molar-refractivity contribution in [3.8, 4) is 0 Å². The van der Waals surface area contributed by atoms with E-state index in [1.165, 1.54) is 38.5 Å². The summed E-state index contributed by atoms with van der Waals surface area (Å²) in [6, 6.07) is 9.77. The summed E-state index contributed by atoms with van der Waals surface area (Å²) in [6.07, 6.45) is -1.42. The topological polar surface area (TPSA) is 82.9 Å². The molecule has 4 rings (SSSR count). The number of benzene rings is 1. The van der Waals surface area contributed by atoms with Crippen molar-refractivity contribution in [3.05, 3.63) is 71.7 Å². The van der Waals surface area contributed by atoms with Crippen LogP contribution in [0, 0.1) is 5.92 Å². The van der Waals surface area contributed by atoms with Gasteiger partial charge in [0, 0.05) is 32.4 Å². The van der Waals surface area contributed by atoms with Gasteiger partial charge in [0.05, 0.1) is 17.2 Å². The maximum Gasteiger partial charge on any atom is 0.473 e. The molecule has 0 N–H and O–H groups in total. The van der Waals surface area contributed by atoms with Crippen molar-refractivity contribution in [1.82, 2.24) is 15.0 Å². The number of ketones is 2. The third-order valence-corrected chi connectivity index (χ3v) is 5.31. The lowest BCUT2D eigenvalue weighted by Gasteiger charge is -2.33. The third kappa shape index (κ3) is 3.52. The van der Waals surface area contributed by atoms with Crippen LogP contribution in [0.4, 0.5) is 18.9 Å². The Morgan fingerprint density at radius 1 is 1.09 bits per heavy atom. The third-order valence-electron chi connectivity index (χ3n) is 5.31. The number of hydrogen-bond acceptors (Lipinski definition) is 6. The standard InChI is InChI=1S/C22H17F3N4O3/c1-28(2)29(21(32)22(23,24)25)11-9-13-12-6-3-4-8-15(12)27-18-16(13)20(31)17-14(19(18)30)7-5-10-26-17/h3-11,13,16H,1-2H3/b11-9+. The molecule has 2 unspecified atom stereocenters. The maximum absolute atomic E-state index is 13.3. The highest BCUT2D eigenvalue weighted by atomic mass is 19.4. The zero-order chi connectivity index (χ0) is 23.2. The normalized spacial score (nSPS) is 20.0. The van der Waals surface area contributed by atoms with Gasteiger partial charge in [-0.1, -0.05) is 24.3 Å². The molecule has 7 nitrogen and oxygen atoms in total. The van der Waals surface area contributed by atoms with E-state index in [2.05, 4.69) is 9.98 Å². The molecule has 0 saturated carbocycles. The van der Waals surface area contributed by atoms with Crippen molar-refractivity contribution in [2.75, 3.05) is 14.1 Å². The first kappa shape index (κ1) is 21.6. The van der Waals surface area contributed by atoms with Crippen LogP contribution < -0.4 is 0 Å². The van der Waals surface area contributed by atoms with E-state index >= 15 is 0 Å². The van der Waals surface area contributed by atoms with E-state index in [4.69, 9.17) is 0 Å². The Balaban J connectivity index is 1.83. The van der Waals surface area contributed by atoms with Gasteiger partial charge < -0.3 is 0 Å². The smallest absolute Gasteiger partial charge is 0.292 e. The van der Waals surface area contributed by atoms with Crippen LogP contribution in [0.5, 0.6) is 0 Å². The minimum Gasteiger partial charge on any atom is -0.292 e. The van der Waals surface area contributed by atoms with Gasteiger partial charge in [-0.2, -0.15) is 13.2 Å². The Morgan fingerprint density at radius 2 is 1.81 bits per heavy atom. The Morgan fingerprint density at radius 3 is 2.50 bits per heavy atom. The zero-order valence-corrected chi connectivity index (χ0v) is 17.0. The Bertz CT molecular complexity index is 1190. The highest BCUT2D eigenvalue weighted by Gasteiger charge is 2.47. The summed E-state index contributed by atoms with van der Waals surface area (Å²) in [5.74, 6) is -4.90. The van der Waals surface area contributed by atoms with Gasteiger partial charge in [-0.15, -0.1) is 0 Å². The van der Waals surface area contributed by atoms with Gasteiger partial charge in [-0.05, 0) is 23.8 Å². The van der Waals surface area contributed by atoms with Crippen molar-refractivity contribution in [1.29, 1.82) is 0 Å². The molecule has 0 fully saturated rings. The summed E-state index contributed by atoms with van der Waals surface area (Å²) in [5, 5.41) is 1.37. The highest BCUT2D eigenvalue weighted by molar-refractivity contribution is 6.54. The van der Waals surface area contributed by atoms with Crippen LogP contribution in [0.2, 0.25) is 0 Å². The second-order valence-corrected chi connectivity index (χ2v) is 7.49. The summed E-state index contributed by atoms with van der Waals surface area (Å²) in [5.41, 5.74) is 1.12. The summed E-state index contributed by atoms with van der Waals surface area (Å²) >= 11 is 0. The maximum atomic E-state index is 13.3.